The molecule has 4 rings (SSSR count). The smallest absolute Gasteiger partial charge is 0.0438 e. The third-order valence-corrected chi connectivity index (χ3v) is 6.40. The fourth-order valence-electron chi connectivity index (χ4n) is 4.56. The zero-order chi connectivity index (χ0) is 22.8. The van der Waals surface area contributed by atoms with Crippen LogP contribution in [-0.4, -0.2) is 14.1 Å². The van der Waals surface area contributed by atoms with Crippen LogP contribution in [0.3, 0.4) is 0 Å². The first-order chi connectivity index (χ1) is 15.4. The molecule has 162 valence electrons. The van der Waals surface area contributed by atoms with Crippen LogP contribution in [0.2, 0.25) is 0 Å². The first-order valence-electron chi connectivity index (χ1n) is 11.2. The summed E-state index contributed by atoms with van der Waals surface area (Å²) in [6, 6.07) is 30.6. The number of benzene rings is 4. The Bertz CT molecular complexity index is 1160. The summed E-state index contributed by atoms with van der Waals surface area (Å²) in [7, 11) is 4.29. The van der Waals surface area contributed by atoms with Gasteiger partial charge in [-0.3, -0.25) is 0 Å². The lowest BCUT2D eigenvalue weighted by atomic mass is 9.99. The highest BCUT2D eigenvalue weighted by Crippen LogP contribution is 2.35. The summed E-state index contributed by atoms with van der Waals surface area (Å²) < 4.78 is 0. The fourth-order valence-corrected chi connectivity index (χ4v) is 4.56. The maximum atomic E-state index is 2.30. The minimum atomic E-state index is 1.23. The second-order valence-electron chi connectivity index (χ2n) is 8.69. The lowest BCUT2D eigenvalue weighted by Gasteiger charge is -2.25. The van der Waals surface area contributed by atoms with E-state index in [1.54, 1.807) is 0 Å². The molecule has 0 saturated carbocycles. The lowest BCUT2D eigenvalue weighted by molar-refractivity contribution is 1.16. The number of anilines is 4. The summed E-state index contributed by atoms with van der Waals surface area (Å²) in [4.78, 5) is 4.56. The van der Waals surface area contributed by atoms with E-state index in [4.69, 9.17) is 0 Å². The molecule has 0 aromatic heterocycles. The highest BCUT2D eigenvalue weighted by molar-refractivity contribution is 5.76. The summed E-state index contributed by atoms with van der Waals surface area (Å²) in [5, 5.41) is 0. The average molecular weight is 421 g/mol. The Morgan fingerprint density at radius 3 is 1.09 bits per heavy atom. The molecular formula is C30H32N2. The predicted octanol–water partition coefficient (Wildman–Crippen LogP) is 8.12. The second-order valence-corrected chi connectivity index (χ2v) is 8.69. The quantitative estimate of drug-likeness (QED) is 0.321. The Morgan fingerprint density at radius 2 is 0.750 bits per heavy atom. The van der Waals surface area contributed by atoms with Crippen LogP contribution in [0.15, 0.2) is 84.9 Å². The van der Waals surface area contributed by atoms with E-state index in [0.717, 1.165) is 0 Å². The standard InChI is InChI=1S/C30H32N2/c1-21-11-7-9-13-27(21)31(5)29-17-15-25(19-23(29)3)26-16-18-30(24(4)20-26)32(6)28-14-10-8-12-22(28)2/h7-20H,1-6H3. The minimum Gasteiger partial charge on any atom is -0.344 e. The Hall–Kier alpha value is -3.52. The molecule has 0 radical (unpaired) electrons. The Kier molecular flexibility index (Phi) is 6.05. The molecule has 0 amide bonds. The number of para-hydroxylation sites is 2. The molecule has 0 heterocycles. The summed E-state index contributed by atoms with van der Waals surface area (Å²) in [5.41, 5.74) is 12.5. The molecule has 0 N–H and O–H groups in total. The summed E-state index contributed by atoms with van der Waals surface area (Å²) in [5.74, 6) is 0. The first-order valence-corrected chi connectivity index (χ1v) is 11.2. The van der Waals surface area contributed by atoms with E-state index in [0.29, 0.717) is 0 Å². The molecule has 2 nitrogen and oxygen atoms in total. The van der Waals surface area contributed by atoms with Crippen molar-refractivity contribution in [3.8, 4) is 11.1 Å². The molecule has 0 unspecified atom stereocenters. The van der Waals surface area contributed by atoms with E-state index in [9.17, 15) is 0 Å². The Morgan fingerprint density at radius 1 is 0.406 bits per heavy atom. The molecule has 0 aliphatic carbocycles. The van der Waals surface area contributed by atoms with Gasteiger partial charge >= 0.3 is 0 Å². The van der Waals surface area contributed by atoms with Crippen molar-refractivity contribution in [3.05, 3.63) is 107 Å². The van der Waals surface area contributed by atoms with E-state index in [2.05, 4.69) is 137 Å². The predicted molar refractivity (Wildman–Crippen MR) is 140 cm³/mol. The van der Waals surface area contributed by atoms with Crippen molar-refractivity contribution < 1.29 is 0 Å². The van der Waals surface area contributed by atoms with Crippen LogP contribution in [0, 0.1) is 27.7 Å². The summed E-state index contributed by atoms with van der Waals surface area (Å²) >= 11 is 0. The van der Waals surface area contributed by atoms with Crippen LogP contribution in [0.1, 0.15) is 22.3 Å². The van der Waals surface area contributed by atoms with Crippen molar-refractivity contribution in [3.63, 3.8) is 0 Å². The van der Waals surface area contributed by atoms with E-state index in [1.165, 1.54) is 56.1 Å². The molecule has 32 heavy (non-hydrogen) atoms. The third-order valence-electron chi connectivity index (χ3n) is 6.40. The summed E-state index contributed by atoms with van der Waals surface area (Å²) in [6.45, 7) is 8.71. The van der Waals surface area contributed by atoms with Crippen LogP contribution >= 0.6 is 0 Å². The number of hydrogen-bond donors (Lipinski definition) is 0. The van der Waals surface area contributed by atoms with E-state index in [1.807, 2.05) is 0 Å². The summed E-state index contributed by atoms with van der Waals surface area (Å²) in [6.07, 6.45) is 0. The van der Waals surface area contributed by atoms with Crippen LogP contribution in [0.25, 0.3) is 11.1 Å². The molecule has 2 heteroatoms. The largest absolute Gasteiger partial charge is 0.344 e. The lowest BCUT2D eigenvalue weighted by Crippen LogP contribution is -2.12. The van der Waals surface area contributed by atoms with Gasteiger partial charge in [-0.05, 0) is 97.5 Å². The first kappa shape index (κ1) is 21.7. The van der Waals surface area contributed by atoms with Gasteiger partial charge in [0.2, 0.25) is 0 Å². The maximum absolute atomic E-state index is 2.30. The average Bonchev–Trinajstić information content (AvgIpc) is 2.79. The topological polar surface area (TPSA) is 6.48 Å². The van der Waals surface area contributed by atoms with Gasteiger partial charge in [0.25, 0.3) is 0 Å². The molecule has 4 aromatic rings. The number of aryl methyl sites for hydroxylation is 4. The Balaban J connectivity index is 1.63. The third kappa shape index (κ3) is 4.13. The van der Waals surface area contributed by atoms with Crippen molar-refractivity contribution in [2.75, 3.05) is 23.9 Å². The van der Waals surface area contributed by atoms with E-state index < -0.39 is 0 Å². The van der Waals surface area contributed by atoms with Gasteiger partial charge in [0.1, 0.15) is 0 Å². The molecule has 0 aliphatic heterocycles. The maximum Gasteiger partial charge on any atom is 0.0438 e. The fraction of sp³-hybridized carbons (Fsp3) is 0.200. The van der Waals surface area contributed by atoms with E-state index >= 15 is 0 Å². The van der Waals surface area contributed by atoms with Crippen LogP contribution < -0.4 is 9.80 Å². The normalized spacial score (nSPS) is 10.8. The minimum absolute atomic E-state index is 1.23. The van der Waals surface area contributed by atoms with Gasteiger partial charge in [0.15, 0.2) is 0 Å². The van der Waals surface area contributed by atoms with Gasteiger partial charge in [-0.25, -0.2) is 0 Å². The Labute approximate surface area is 192 Å². The molecule has 0 bridgehead atoms. The molecule has 0 saturated heterocycles. The SMILES string of the molecule is Cc1ccccc1N(C)c1ccc(-c2ccc(N(C)c3ccccc3C)c(C)c2)cc1C. The molecule has 0 aliphatic rings. The van der Waals surface area contributed by atoms with Crippen molar-refractivity contribution in [1.29, 1.82) is 0 Å². The van der Waals surface area contributed by atoms with Crippen LogP contribution in [0.4, 0.5) is 22.7 Å². The number of rotatable bonds is 5. The van der Waals surface area contributed by atoms with Crippen molar-refractivity contribution in [1.82, 2.24) is 0 Å². The van der Waals surface area contributed by atoms with Crippen LogP contribution in [0.5, 0.6) is 0 Å². The van der Waals surface area contributed by atoms with E-state index in [-0.39, 0.29) is 0 Å². The highest BCUT2D eigenvalue weighted by atomic mass is 15.1. The van der Waals surface area contributed by atoms with Gasteiger partial charge in [0, 0.05) is 36.8 Å². The molecule has 4 aromatic carbocycles. The highest BCUT2D eigenvalue weighted by Gasteiger charge is 2.13. The second kappa shape index (κ2) is 8.92. The monoisotopic (exact) mass is 420 g/mol. The van der Waals surface area contributed by atoms with Crippen LogP contribution in [-0.2, 0) is 0 Å². The van der Waals surface area contributed by atoms with Gasteiger partial charge in [0.05, 0.1) is 0 Å². The zero-order valence-corrected chi connectivity index (χ0v) is 20.0. The number of nitrogens with zero attached hydrogens (tertiary/aromatic N) is 2. The molecular weight excluding hydrogens is 388 g/mol. The molecule has 0 fully saturated rings. The molecule has 0 atom stereocenters. The van der Waals surface area contributed by atoms with Crippen molar-refractivity contribution in [2.45, 2.75) is 27.7 Å². The van der Waals surface area contributed by atoms with Gasteiger partial charge in [-0.2, -0.15) is 0 Å². The van der Waals surface area contributed by atoms with Gasteiger partial charge in [-0.15, -0.1) is 0 Å². The van der Waals surface area contributed by atoms with Crippen molar-refractivity contribution >= 4 is 22.7 Å². The molecule has 0 spiro atoms. The van der Waals surface area contributed by atoms with Gasteiger partial charge in [-0.1, -0.05) is 48.5 Å². The number of hydrogen-bond acceptors (Lipinski definition) is 2. The van der Waals surface area contributed by atoms with Gasteiger partial charge < -0.3 is 9.80 Å². The van der Waals surface area contributed by atoms with Crippen molar-refractivity contribution in [2.24, 2.45) is 0 Å². The zero-order valence-electron chi connectivity index (χ0n) is 20.0.